The Morgan fingerprint density at radius 3 is 2.24 bits per heavy atom. The Morgan fingerprint density at radius 2 is 1.59 bits per heavy atom. The molecule has 3 aromatic rings. The Labute approximate surface area is 203 Å². The Bertz CT molecular complexity index is 1310. The predicted octanol–water partition coefficient (Wildman–Crippen LogP) is 4.11. The number of benzene rings is 3. The molecule has 3 aromatic carbocycles. The Balaban J connectivity index is 1.42. The zero-order chi connectivity index (χ0) is 24.3. The van der Waals surface area contributed by atoms with Gasteiger partial charge in [-0.15, -0.1) is 0 Å². The molecule has 1 aliphatic rings. The molecule has 7 nitrogen and oxygen atoms in total. The smallest absolute Gasteiger partial charge is 0.321 e. The maximum atomic E-state index is 12.8. The van der Waals surface area contributed by atoms with Crippen molar-refractivity contribution in [1.29, 1.82) is 0 Å². The van der Waals surface area contributed by atoms with Crippen molar-refractivity contribution in [1.82, 2.24) is 4.72 Å². The monoisotopic (exact) mass is 498 g/mol. The van der Waals surface area contributed by atoms with E-state index < -0.39 is 22.0 Å². The maximum absolute atomic E-state index is 12.8. The summed E-state index contributed by atoms with van der Waals surface area (Å²) in [4.78, 5) is 26.0. The number of amides is 1. The summed E-state index contributed by atoms with van der Waals surface area (Å²) in [5.74, 6) is -1.57. The van der Waals surface area contributed by atoms with E-state index in [1.165, 1.54) is 12.1 Å². The fraction of sp³-hybridized carbons (Fsp3) is 0.200. The molecule has 0 spiro atoms. The third-order valence-corrected chi connectivity index (χ3v) is 7.51. The first-order valence-corrected chi connectivity index (χ1v) is 12.6. The molecular weight excluding hydrogens is 476 g/mol. The maximum Gasteiger partial charge on any atom is 0.321 e. The second kappa shape index (κ2) is 9.97. The van der Waals surface area contributed by atoms with Gasteiger partial charge in [0, 0.05) is 23.7 Å². The second-order valence-electron chi connectivity index (χ2n) is 8.01. The number of para-hydroxylation sites is 1. The van der Waals surface area contributed by atoms with Gasteiger partial charge in [-0.25, -0.2) is 8.42 Å². The van der Waals surface area contributed by atoms with Crippen LogP contribution in [-0.4, -0.2) is 38.0 Å². The van der Waals surface area contributed by atoms with Crippen molar-refractivity contribution in [3.63, 3.8) is 0 Å². The van der Waals surface area contributed by atoms with Gasteiger partial charge in [0.05, 0.1) is 4.90 Å². The lowest BCUT2D eigenvalue weighted by Gasteiger charge is -2.19. The molecule has 1 amide bonds. The van der Waals surface area contributed by atoms with E-state index in [2.05, 4.69) is 4.72 Å². The average Bonchev–Trinajstić information content (AvgIpc) is 3.26. The van der Waals surface area contributed by atoms with E-state index in [-0.39, 0.29) is 23.6 Å². The molecular formula is C25H23ClN2O5S. The molecule has 34 heavy (non-hydrogen) atoms. The number of anilines is 1. The van der Waals surface area contributed by atoms with Gasteiger partial charge in [0.25, 0.3) is 0 Å². The van der Waals surface area contributed by atoms with Crippen LogP contribution in [0.1, 0.15) is 18.4 Å². The summed E-state index contributed by atoms with van der Waals surface area (Å²) in [5.41, 5.74) is 3.54. The van der Waals surface area contributed by atoms with E-state index in [9.17, 15) is 23.1 Å². The summed E-state index contributed by atoms with van der Waals surface area (Å²) in [6, 6.07) is 19.4. The van der Waals surface area contributed by atoms with Crippen LogP contribution in [-0.2, 0) is 26.0 Å². The van der Waals surface area contributed by atoms with Gasteiger partial charge in [-0.3, -0.25) is 9.59 Å². The molecule has 0 fully saturated rings. The number of aliphatic carboxylic acids is 1. The van der Waals surface area contributed by atoms with Gasteiger partial charge in [-0.2, -0.15) is 4.72 Å². The summed E-state index contributed by atoms with van der Waals surface area (Å²) in [7, 11) is -4.10. The molecule has 1 heterocycles. The molecule has 0 bridgehead atoms. The van der Waals surface area contributed by atoms with Crippen molar-refractivity contribution in [2.24, 2.45) is 0 Å². The van der Waals surface area contributed by atoms with Gasteiger partial charge < -0.3 is 10.0 Å². The molecule has 0 saturated heterocycles. The fourth-order valence-electron chi connectivity index (χ4n) is 3.96. The van der Waals surface area contributed by atoms with Crippen LogP contribution in [0.25, 0.3) is 11.1 Å². The van der Waals surface area contributed by atoms with Gasteiger partial charge in [-0.05, 0) is 59.9 Å². The first-order valence-electron chi connectivity index (χ1n) is 10.7. The van der Waals surface area contributed by atoms with Crippen molar-refractivity contribution in [3.05, 3.63) is 83.4 Å². The van der Waals surface area contributed by atoms with Crippen molar-refractivity contribution >= 4 is 39.2 Å². The highest BCUT2D eigenvalue weighted by Gasteiger charge is 2.29. The second-order valence-corrected chi connectivity index (χ2v) is 10.2. The SMILES string of the molecule is O=C(O)[C@H](CCC(=O)N1CCc2ccccc21)NS(=O)(=O)c1ccc(-c2ccc(Cl)cc2)cc1. The van der Waals surface area contributed by atoms with Crippen LogP contribution in [0.2, 0.25) is 5.02 Å². The standard InChI is InChI=1S/C25H23ClN2O5S/c26-20-9-5-17(6-10-20)18-7-11-21(12-8-18)34(32,33)27-22(25(30)31)13-14-24(29)28-16-15-19-3-1-2-4-23(19)28/h1-12,22,27H,13-16H2,(H,30,31)/t22-/m0/s1. The molecule has 0 aliphatic carbocycles. The highest BCUT2D eigenvalue weighted by atomic mass is 35.5. The summed E-state index contributed by atoms with van der Waals surface area (Å²) in [5, 5.41) is 10.2. The number of carbonyl (C=O) groups is 2. The number of carbonyl (C=O) groups excluding carboxylic acids is 1. The van der Waals surface area contributed by atoms with E-state index in [4.69, 9.17) is 11.6 Å². The van der Waals surface area contributed by atoms with Crippen LogP contribution in [0, 0.1) is 0 Å². The van der Waals surface area contributed by atoms with Crippen molar-refractivity contribution < 1.29 is 23.1 Å². The van der Waals surface area contributed by atoms with Gasteiger partial charge in [0.1, 0.15) is 6.04 Å². The average molecular weight is 499 g/mol. The minimum absolute atomic E-state index is 0.0590. The normalized spacial score (nSPS) is 14.0. The Morgan fingerprint density at radius 1 is 0.971 bits per heavy atom. The lowest BCUT2D eigenvalue weighted by Crippen LogP contribution is -2.41. The molecule has 0 unspecified atom stereocenters. The Kier molecular flexibility index (Phi) is 7.02. The van der Waals surface area contributed by atoms with Crippen molar-refractivity contribution in [2.75, 3.05) is 11.4 Å². The minimum Gasteiger partial charge on any atom is -0.480 e. The third-order valence-electron chi connectivity index (χ3n) is 5.77. The third kappa shape index (κ3) is 5.30. The summed E-state index contributed by atoms with van der Waals surface area (Å²) < 4.78 is 27.9. The van der Waals surface area contributed by atoms with Crippen LogP contribution in [0.5, 0.6) is 0 Å². The van der Waals surface area contributed by atoms with Crippen molar-refractivity contribution in [3.8, 4) is 11.1 Å². The summed E-state index contributed by atoms with van der Waals surface area (Å²) in [6.45, 7) is 0.529. The van der Waals surface area contributed by atoms with Gasteiger partial charge >= 0.3 is 5.97 Å². The lowest BCUT2D eigenvalue weighted by molar-refractivity contribution is -0.139. The Hall–Kier alpha value is -3.20. The molecule has 1 atom stereocenters. The van der Waals surface area contributed by atoms with E-state index in [0.29, 0.717) is 11.6 Å². The highest BCUT2D eigenvalue weighted by Crippen LogP contribution is 2.28. The predicted molar refractivity (Wildman–Crippen MR) is 130 cm³/mol. The number of rotatable bonds is 8. The summed E-state index contributed by atoms with van der Waals surface area (Å²) in [6.07, 6.45) is 0.487. The van der Waals surface area contributed by atoms with Crippen LogP contribution < -0.4 is 9.62 Å². The van der Waals surface area contributed by atoms with Crippen LogP contribution >= 0.6 is 11.6 Å². The molecule has 2 N–H and O–H groups in total. The van der Waals surface area contributed by atoms with Gasteiger partial charge in [0.15, 0.2) is 0 Å². The quantitative estimate of drug-likeness (QED) is 0.486. The van der Waals surface area contributed by atoms with Crippen LogP contribution in [0.4, 0.5) is 5.69 Å². The summed E-state index contributed by atoms with van der Waals surface area (Å²) >= 11 is 5.90. The number of nitrogens with one attached hydrogen (secondary N) is 1. The topological polar surface area (TPSA) is 104 Å². The molecule has 1 aliphatic heterocycles. The number of carboxylic acids is 1. The number of fused-ring (bicyclic) bond motifs is 1. The van der Waals surface area contributed by atoms with E-state index in [1.54, 1.807) is 29.2 Å². The molecule has 0 aromatic heterocycles. The van der Waals surface area contributed by atoms with Crippen molar-refractivity contribution in [2.45, 2.75) is 30.2 Å². The van der Waals surface area contributed by atoms with E-state index in [0.717, 1.165) is 28.8 Å². The first kappa shape index (κ1) is 23.9. The molecule has 0 radical (unpaired) electrons. The molecule has 4 rings (SSSR count). The van der Waals surface area contributed by atoms with Gasteiger partial charge in [0.2, 0.25) is 15.9 Å². The number of nitrogens with zero attached hydrogens (tertiary/aromatic N) is 1. The number of halogens is 1. The number of sulfonamides is 1. The largest absolute Gasteiger partial charge is 0.480 e. The zero-order valence-electron chi connectivity index (χ0n) is 18.1. The van der Waals surface area contributed by atoms with Crippen LogP contribution in [0.3, 0.4) is 0 Å². The van der Waals surface area contributed by atoms with E-state index in [1.807, 2.05) is 36.4 Å². The number of carboxylic acid groups (broad SMARTS) is 1. The van der Waals surface area contributed by atoms with Crippen LogP contribution in [0.15, 0.2) is 77.7 Å². The minimum atomic E-state index is -4.10. The molecule has 9 heteroatoms. The fourth-order valence-corrected chi connectivity index (χ4v) is 5.31. The van der Waals surface area contributed by atoms with E-state index >= 15 is 0 Å². The zero-order valence-corrected chi connectivity index (χ0v) is 19.7. The van der Waals surface area contributed by atoms with Gasteiger partial charge in [-0.1, -0.05) is 54.1 Å². The molecule has 0 saturated carbocycles. The highest BCUT2D eigenvalue weighted by molar-refractivity contribution is 7.89. The number of hydrogen-bond acceptors (Lipinski definition) is 4. The molecule has 176 valence electrons. The first-order chi connectivity index (χ1) is 16.2. The number of hydrogen-bond donors (Lipinski definition) is 2. The lowest BCUT2D eigenvalue weighted by atomic mass is 10.1.